The van der Waals surface area contributed by atoms with Crippen molar-refractivity contribution < 1.29 is 9.53 Å². The van der Waals surface area contributed by atoms with Gasteiger partial charge in [0, 0.05) is 44.1 Å². The highest BCUT2D eigenvalue weighted by Crippen LogP contribution is 2.24. The molecule has 162 valence electrons. The molecule has 0 bridgehead atoms. The van der Waals surface area contributed by atoms with Gasteiger partial charge in [-0.3, -0.25) is 14.0 Å². The normalized spacial score (nSPS) is 19.8. The number of anilines is 1. The van der Waals surface area contributed by atoms with Crippen molar-refractivity contribution >= 4 is 45.4 Å². The van der Waals surface area contributed by atoms with E-state index in [1.807, 2.05) is 12.1 Å². The molecule has 2 atom stereocenters. The third-order valence-corrected chi connectivity index (χ3v) is 6.89. The molecule has 4 rings (SSSR count). The summed E-state index contributed by atoms with van der Waals surface area (Å²) in [6.45, 7) is 6.18. The van der Waals surface area contributed by atoms with Crippen LogP contribution in [0.15, 0.2) is 46.9 Å². The van der Waals surface area contributed by atoms with Crippen LogP contribution in [0.4, 0.5) is 5.69 Å². The predicted molar refractivity (Wildman–Crippen MR) is 126 cm³/mol. The summed E-state index contributed by atoms with van der Waals surface area (Å²) in [6.07, 6.45) is 5.07. The van der Waals surface area contributed by atoms with Crippen LogP contribution in [0.2, 0.25) is 0 Å². The Balaban J connectivity index is 1.65. The molecule has 0 spiro atoms. The number of thiazole rings is 1. The van der Waals surface area contributed by atoms with Gasteiger partial charge in [-0.05, 0) is 37.6 Å². The van der Waals surface area contributed by atoms with Crippen LogP contribution in [0.25, 0.3) is 22.3 Å². The van der Waals surface area contributed by atoms with Gasteiger partial charge in [-0.1, -0.05) is 29.5 Å². The molecular weight excluding hydrogens is 434 g/mol. The molecule has 0 aliphatic heterocycles. The van der Waals surface area contributed by atoms with Gasteiger partial charge in [-0.2, -0.15) is 0 Å². The highest BCUT2D eigenvalue weighted by molar-refractivity contribution is 7.15. The van der Waals surface area contributed by atoms with E-state index >= 15 is 0 Å². The third-order valence-electron chi connectivity index (χ3n) is 5.57. The Hall–Kier alpha value is -2.48. The number of aromatic nitrogens is 2. The van der Waals surface area contributed by atoms with Gasteiger partial charge in [0.25, 0.3) is 5.56 Å². The smallest absolute Gasteiger partial charge is 0.274 e. The second-order valence-corrected chi connectivity index (χ2v) is 8.87. The van der Waals surface area contributed by atoms with E-state index in [1.165, 1.54) is 24.1 Å². The topological polar surface area (TPSA) is 63.9 Å². The number of methoxy groups -OCH3 is 1. The number of benzene rings is 1. The number of ketones is 1. The Morgan fingerprint density at radius 1 is 1.26 bits per heavy atom. The van der Waals surface area contributed by atoms with E-state index in [4.69, 9.17) is 16.3 Å². The zero-order valence-corrected chi connectivity index (χ0v) is 19.2. The van der Waals surface area contributed by atoms with Gasteiger partial charge < -0.3 is 9.64 Å². The molecule has 8 heteroatoms. The number of halogens is 1. The number of ether oxygens (including phenoxy) is 1. The first-order chi connectivity index (χ1) is 14.9. The van der Waals surface area contributed by atoms with Crippen LogP contribution in [0.1, 0.15) is 20.3 Å². The van der Waals surface area contributed by atoms with Crippen molar-refractivity contribution in [3.63, 3.8) is 0 Å². The van der Waals surface area contributed by atoms with E-state index in [-0.39, 0.29) is 11.3 Å². The lowest BCUT2D eigenvalue weighted by Crippen LogP contribution is -2.34. The molecule has 0 radical (unpaired) electrons. The van der Waals surface area contributed by atoms with Crippen LogP contribution in [-0.4, -0.2) is 46.8 Å². The average Bonchev–Trinajstić information content (AvgIpc) is 3.31. The van der Waals surface area contributed by atoms with Gasteiger partial charge in [0.2, 0.25) is 0 Å². The van der Waals surface area contributed by atoms with Crippen molar-refractivity contribution in [2.75, 3.05) is 25.1 Å². The number of rotatable bonds is 6. The molecule has 1 aromatic carbocycles. The van der Waals surface area contributed by atoms with Crippen LogP contribution in [0.3, 0.4) is 0 Å². The fourth-order valence-electron chi connectivity index (χ4n) is 3.81. The van der Waals surface area contributed by atoms with E-state index in [1.54, 1.807) is 22.7 Å². The van der Waals surface area contributed by atoms with E-state index < -0.39 is 11.5 Å². The quantitative estimate of drug-likeness (QED) is 0.531. The minimum Gasteiger partial charge on any atom is -0.373 e. The van der Waals surface area contributed by atoms with Crippen molar-refractivity contribution in [3.8, 4) is 11.3 Å². The maximum absolute atomic E-state index is 12.9. The number of hydrogen-bond acceptors (Lipinski definition) is 6. The molecule has 0 amide bonds. The molecule has 0 N–H and O–H groups in total. The van der Waals surface area contributed by atoms with Crippen LogP contribution in [0.5, 0.6) is 0 Å². The van der Waals surface area contributed by atoms with Gasteiger partial charge in [0.15, 0.2) is 10.7 Å². The highest BCUT2D eigenvalue weighted by atomic mass is 35.5. The number of alkyl halides is 1. The van der Waals surface area contributed by atoms with E-state index in [0.717, 1.165) is 29.9 Å². The van der Waals surface area contributed by atoms with Crippen molar-refractivity contribution in [3.05, 3.63) is 57.0 Å². The molecule has 3 aromatic rings. The maximum atomic E-state index is 12.9. The number of nitrogens with zero attached hydrogens (tertiary/aromatic N) is 3. The van der Waals surface area contributed by atoms with Gasteiger partial charge in [0.05, 0.1) is 10.2 Å². The van der Waals surface area contributed by atoms with Crippen molar-refractivity contribution in [1.82, 2.24) is 9.38 Å². The van der Waals surface area contributed by atoms with Gasteiger partial charge in [-0.15, -0.1) is 11.6 Å². The average molecular weight is 458 g/mol. The first-order valence-electron chi connectivity index (χ1n) is 10.3. The van der Waals surface area contributed by atoms with E-state index in [2.05, 4.69) is 35.9 Å². The number of carbonyl (C=O) groups excluding carboxylic acids is 1. The number of Topliss-reactive ketones (excluding diaryl/α,β-unsaturated/α-hetero) is 1. The number of hydrogen-bond donors (Lipinski definition) is 0. The number of imidazole rings is 1. The Morgan fingerprint density at radius 2 is 1.97 bits per heavy atom. The molecule has 2 unspecified atom stereocenters. The fourth-order valence-corrected chi connectivity index (χ4v) is 5.08. The summed E-state index contributed by atoms with van der Waals surface area (Å²) in [6, 6.07) is 8.23. The van der Waals surface area contributed by atoms with Crippen LogP contribution in [-0.2, 0) is 9.53 Å². The summed E-state index contributed by atoms with van der Waals surface area (Å²) in [5.74, 6) is -0.152. The number of fused-ring (bicyclic) bond motifs is 1. The molecule has 0 saturated carbocycles. The van der Waals surface area contributed by atoms with Crippen molar-refractivity contribution in [1.29, 1.82) is 0 Å². The standard InChI is InChI=1S/C23H24ClN3O3S/c1-4-26(5-2)16-8-6-15(7-9-16)18-13-27-22(29)20(31-23(27)25-18)12-14-10-17(24)21(28)19(11-14)30-3/h6-10,12-13,17,19H,4-5,11H2,1-3H3/b20-12-. The molecule has 1 aliphatic carbocycles. The second-order valence-electron chi connectivity index (χ2n) is 7.39. The summed E-state index contributed by atoms with van der Waals surface area (Å²) in [7, 11) is 1.49. The molecule has 0 saturated heterocycles. The lowest BCUT2D eigenvalue weighted by molar-refractivity contribution is -0.128. The van der Waals surface area contributed by atoms with Gasteiger partial charge in [0.1, 0.15) is 11.5 Å². The van der Waals surface area contributed by atoms with E-state index in [9.17, 15) is 9.59 Å². The minimum absolute atomic E-state index is 0.128. The number of allylic oxidation sites excluding steroid dienone is 1. The van der Waals surface area contributed by atoms with Crippen LogP contribution < -0.4 is 15.0 Å². The van der Waals surface area contributed by atoms with Gasteiger partial charge in [-0.25, -0.2) is 4.98 Å². The largest absolute Gasteiger partial charge is 0.373 e. The Bertz CT molecular complexity index is 1240. The lowest BCUT2D eigenvalue weighted by Gasteiger charge is -2.21. The summed E-state index contributed by atoms with van der Waals surface area (Å²) in [5.41, 5.74) is 3.60. The predicted octanol–water partition coefficient (Wildman–Crippen LogP) is 3.29. The molecular formula is C23H24ClN3O3S. The first kappa shape index (κ1) is 21.7. The van der Waals surface area contributed by atoms with Crippen molar-refractivity contribution in [2.24, 2.45) is 0 Å². The molecule has 6 nitrogen and oxygen atoms in total. The zero-order chi connectivity index (χ0) is 22.1. The number of carbonyl (C=O) groups is 1. The summed E-state index contributed by atoms with van der Waals surface area (Å²) >= 11 is 7.44. The summed E-state index contributed by atoms with van der Waals surface area (Å²) < 4.78 is 7.36. The van der Waals surface area contributed by atoms with Crippen LogP contribution >= 0.6 is 22.9 Å². The van der Waals surface area contributed by atoms with Crippen molar-refractivity contribution in [2.45, 2.75) is 31.7 Å². The SMILES string of the molecule is CCN(CC)c1ccc(-c2cn3c(=O)/c(=C/C4=CC(Cl)C(=O)C(OC)C4)sc3n2)cc1. The summed E-state index contributed by atoms with van der Waals surface area (Å²) in [4.78, 5) is 32.5. The molecule has 2 aromatic heterocycles. The Labute approximate surface area is 189 Å². The Morgan fingerprint density at radius 3 is 2.58 bits per heavy atom. The first-order valence-corrected chi connectivity index (χ1v) is 11.5. The second kappa shape index (κ2) is 8.94. The monoisotopic (exact) mass is 457 g/mol. The minimum atomic E-state index is -0.741. The van der Waals surface area contributed by atoms with Crippen LogP contribution in [0, 0.1) is 0 Å². The summed E-state index contributed by atoms with van der Waals surface area (Å²) in [5, 5.41) is -0.741. The third kappa shape index (κ3) is 4.18. The van der Waals surface area contributed by atoms with Gasteiger partial charge >= 0.3 is 0 Å². The molecule has 0 fully saturated rings. The highest BCUT2D eigenvalue weighted by Gasteiger charge is 2.29. The van der Waals surface area contributed by atoms with E-state index in [0.29, 0.717) is 15.9 Å². The lowest BCUT2D eigenvalue weighted by atomic mass is 9.95. The molecule has 31 heavy (non-hydrogen) atoms. The molecule has 2 heterocycles. The Kier molecular flexibility index (Phi) is 6.27. The maximum Gasteiger partial charge on any atom is 0.274 e. The fraction of sp³-hybridized carbons (Fsp3) is 0.348. The molecule has 1 aliphatic rings. The zero-order valence-electron chi connectivity index (χ0n) is 17.7.